The highest BCUT2D eigenvalue weighted by atomic mass is 127. The molecule has 2 fully saturated rings. The first-order valence-corrected chi connectivity index (χ1v) is 10.5. The van der Waals surface area contributed by atoms with Gasteiger partial charge in [-0.15, -0.1) is 24.0 Å². The summed E-state index contributed by atoms with van der Waals surface area (Å²) < 4.78 is 5.46. The van der Waals surface area contributed by atoms with E-state index in [0.29, 0.717) is 0 Å². The highest BCUT2D eigenvalue weighted by Crippen LogP contribution is 2.42. The Kier molecular flexibility index (Phi) is 9.04. The summed E-state index contributed by atoms with van der Waals surface area (Å²) in [5.41, 5.74) is 1.43. The van der Waals surface area contributed by atoms with Crippen LogP contribution in [0.2, 0.25) is 0 Å². The van der Waals surface area contributed by atoms with E-state index in [1.54, 1.807) is 14.0 Å². The summed E-state index contributed by atoms with van der Waals surface area (Å²) in [6, 6.07) is 8.50. The quantitative estimate of drug-likeness (QED) is 0.373. The third-order valence-electron chi connectivity index (χ3n) is 6.13. The van der Waals surface area contributed by atoms with E-state index >= 15 is 0 Å². The molecule has 2 aliphatic rings. The number of carbonyl (C=O) groups excluding carboxylic acids is 1. The van der Waals surface area contributed by atoms with Crippen molar-refractivity contribution in [3.8, 4) is 5.75 Å². The predicted molar refractivity (Wildman–Crippen MR) is 128 cm³/mol. The first-order chi connectivity index (χ1) is 13.6. The molecule has 6 nitrogen and oxygen atoms in total. The number of rotatable bonds is 5. The Hall–Kier alpha value is -1.51. The fourth-order valence-electron chi connectivity index (χ4n) is 4.43. The predicted octanol–water partition coefficient (Wildman–Crippen LogP) is 3.25. The summed E-state index contributed by atoms with van der Waals surface area (Å²) >= 11 is 0. The second-order valence-electron chi connectivity index (χ2n) is 7.88. The maximum atomic E-state index is 11.6. The number of benzene rings is 1. The molecule has 1 aromatic rings. The van der Waals surface area contributed by atoms with E-state index < -0.39 is 0 Å². The third kappa shape index (κ3) is 5.77. The van der Waals surface area contributed by atoms with Crippen molar-refractivity contribution < 1.29 is 9.53 Å². The monoisotopic (exact) mass is 514 g/mol. The van der Waals surface area contributed by atoms with Crippen molar-refractivity contribution in [3.05, 3.63) is 29.8 Å². The van der Waals surface area contributed by atoms with Crippen LogP contribution in [-0.4, -0.2) is 68.0 Å². The van der Waals surface area contributed by atoms with Gasteiger partial charge in [0.25, 0.3) is 0 Å². The van der Waals surface area contributed by atoms with Gasteiger partial charge < -0.3 is 19.9 Å². The molecule has 1 saturated carbocycles. The van der Waals surface area contributed by atoms with E-state index in [4.69, 9.17) is 9.73 Å². The molecule has 29 heavy (non-hydrogen) atoms. The number of nitrogens with zero attached hydrogens (tertiary/aromatic N) is 3. The third-order valence-corrected chi connectivity index (χ3v) is 6.13. The van der Waals surface area contributed by atoms with E-state index in [0.717, 1.165) is 51.0 Å². The lowest BCUT2D eigenvalue weighted by atomic mass is 9.79. The molecule has 0 unspecified atom stereocenters. The number of nitrogens with one attached hydrogen (secondary N) is 1. The molecule has 1 saturated heterocycles. The molecule has 7 heteroatoms. The number of ether oxygens (including phenoxy) is 1. The van der Waals surface area contributed by atoms with E-state index in [9.17, 15) is 4.79 Å². The minimum Gasteiger partial charge on any atom is -0.497 e. The first kappa shape index (κ1) is 23.8. The number of hydrogen-bond donors (Lipinski definition) is 1. The normalized spacial score (nSPS) is 18.9. The summed E-state index contributed by atoms with van der Waals surface area (Å²) in [6.45, 7) is 8.58. The topological polar surface area (TPSA) is 57.2 Å². The van der Waals surface area contributed by atoms with Gasteiger partial charge >= 0.3 is 0 Å². The molecule has 3 rings (SSSR count). The molecule has 1 heterocycles. The van der Waals surface area contributed by atoms with Crippen molar-refractivity contribution >= 4 is 35.8 Å². The van der Waals surface area contributed by atoms with Gasteiger partial charge in [0.15, 0.2) is 5.96 Å². The zero-order chi connectivity index (χ0) is 20.0. The Balaban J connectivity index is 0.00000300. The van der Waals surface area contributed by atoms with Gasteiger partial charge in [-0.25, -0.2) is 0 Å². The molecule has 0 spiro atoms. The van der Waals surface area contributed by atoms with Crippen LogP contribution in [-0.2, 0) is 10.2 Å². The molecule has 0 atom stereocenters. The van der Waals surface area contributed by atoms with Crippen LogP contribution in [0.3, 0.4) is 0 Å². The number of hydrogen-bond acceptors (Lipinski definition) is 3. The maximum Gasteiger partial charge on any atom is 0.219 e. The SMILES string of the molecule is CCNC(=NCC1(c2cccc(OC)c2)CCCC1)N1CCN(C(C)=O)CC1.I. The number of methoxy groups -OCH3 is 1. The van der Waals surface area contributed by atoms with E-state index in [2.05, 4.69) is 35.3 Å². The van der Waals surface area contributed by atoms with Crippen molar-refractivity contribution in [2.24, 2.45) is 4.99 Å². The standard InChI is InChI=1S/C22H34N4O2.HI/c1-4-23-21(26-14-12-25(13-15-26)18(2)27)24-17-22(10-5-6-11-22)19-8-7-9-20(16-19)28-3;/h7-9,16H,4-6,10-15,17H2,1-3H3,(H,23,24);1H. The Morgan fingerprint density at radius 3 is 2.41 bits per heavy atom. The average molecular weight is 514 g/mol. The average Bonchev–Trinajstić information content (AvgIpc) is 3.21. The number of aliphatic imine (C=N–C) groups is 1. The molecular formula is C22H35IN4O2. The second-order valence-corrected chi connectivity index (χ2v) is 7.88. The molecule has 1 amide bonds. The van der Waals surface area contributed by atoms with E-state index in [1.165, 1.54) is 31.2 Å². The van der Waals surface area contributed by atoms with Crippen molar-refractivity contribution in [2.45, 2.75) is 44.9 Å². The molecule has 162 valence electrons. The molecular weight excluding hydrogens is 479 g/mol. The number of halogens is 1. The Bertz CT molecular complexity index is 696. The first-order valence-electron chi connectivity index (χ1n) is 10.5. The zero-order valence-electron chi connectivity index (χ0n) is 17.9. The van der Waals surface area contributed by atoms with Crippen LogP contribution in [0, 0.1) is 0 Å². The number of guanidine groups is 1. The van der Waals surface area contributed by atoms with Gasteiger partial charge in [-0.3, -0.25) is 9.79 Å². The summed E-state index contributed by atoms with van der Waals surface area (Å²) in [6.07, 6.45) is 4.84. The van der Waals surface area contributed by atoms with Crippen molar-refractivity contribution in [2.75, 3.05) is 46.4 Å². The molecule has 0 bridgehead atoms. The number of carbonyl (C=O) groups is 1. The van der Waals surface area contributed by atoms with Crippen LogP contribution >= 0.6 is 24.0 Å². The highest BCUT2D eigenvalue weighted by Gasteiger charge is 2.36. The van der Waals surface area contributed by atoms with Crippen LogP contribution < -0.4 is 10.1 Å². The van der Waals surface area contributed by atoms with E-state index in [-0.39, 0.29) is 35.3 Å². The van der Waals surface area contributed by atoms with Crippen molar-refractivity contribution in [1.82, 2.24) is 15.1 Å². The molecule has 0 aromatic heterocycles. The minimum atomic E-state index is 0. The van der Waals surface area contributed by atoms with Crippen LogP contribution in [0.25, 0.3) is 0 Å². The van der Waals surface area contributed by atoms with Gasteiger partial charge in [0.1, 0.15) is 5.75 Å². The number of piperazine rings is 1. The zero-order valence-corrected chi connectivity index (χ0v) is 20.3. The van der Waals surface area contributed by atoms with Crippen LogP contribution in [0.5, 0.6) is 5.75 Å². The van der Waals surface area contributed by atoms with Crippen LogP contribution in [0.15, 0.2) is 29.3 Å². The van der Waals surface area contributed by atoms with E-state index in [1.807, 2.05) is 11.0 Å². The lowest BCUT2D eigenvalue weighted by Crippen LogP contribution is -2.53. The molecule has 1 aliphatic carbocycles. The summed E-state index contributed by atoms with van der Waals surface area (Å²) in [7, 11) is 1.72. The summed E-state index contributed by atoms with van der Waals surface area (Å²) in [5, 5.41) is 3.46. The molecule has 1 aromatic carbocycles. The smallest absolute Gasteiger partial charge is 0.219 e. The minimum absolute atomic E-state index is 0. The lowest BCUT2D eigenvalue weighted by molar-refractivity contribution is -0.130. The van der Waals surface area contributed by atoms with Gasteiger partial charge in [-0.05, 0) is 37.5 Å². The van der Waals surface area contributed by atoms with Gasteiger partial charge in [0.05, 0.1) is 13.7 Å². The Labute approximate surface area is 192 Å². The van der Waals surface area contributed by atoms with Gasteiger partial charge in [-0.1, -0.05) is 25.0 Å². The van der Waals surface area contributed by atoms with Crippen LogP contribution in [0.4, 0.5) is 0 Å². The van der Waals surface area contributed by atoms with Gasteiger partial charge in [-0.2, -0.15) is 0 Å². The second kappa shape index (κ2) is 11.0. The fourth-order valence-corrected chi connectivity index (χ4v) is 4.43. The summed E-state index contributed by atoms with van der Waals surface area (Å²) in [5.74, 6) is 2.05. The van der Waals surface area contributed by atoms with Gasteiger partial charge in [0, 0.05) is 45.1 Å². The van der Waals surface area contributed by atoms with Crippen LogP contribution in [0.1, 0.15) is 45.1 Å². The highest BCUT2D eigenvalue weighted by molar-refractivity contribution is 14.0. The maximum absolute atomic E-state index is 11.6. The van der Waals surface area contributed by atoms with Crippen molar-refractivity contribution in [3.63, 3.8) is 0 Å². The largest absolute Gasteiger partial charge is 0.497 e. The Morgan fingerprint density at radius 1 is 1.17 bits per heavy atom. The molecule has 1 aliphatic heterocycles. The molecule has 0 radical (unpaired) electrons. The Morgan fingerprint density at radius 2 is 1.83 bits per heavy atom. The summed E-state index contributed by atoms with van der Waals surface area (Å²) in [4.78, 5) is 20.9. The fraction of sp³-hybridized carbons (Fsp3) is 0.636. The molecule has 1 N–H and O–H groups in total. The number of amides is 1. The lowest BCUT2D eigenvalue weighted by Gasteiger charge is -2.37. The van der Waals surface area contributed by atoms with Gasteiger partial charge in [0.2, 0.25) is 5.91 Å². The van der Waals surface area contributed by atoms with Crippen molar-refractivity contribution in [1.29, 1.82) is 0 Å².